The lowest BCUT2D eigenvalue weighted by molar-refractivity contribution is 1.18. The van der Waals surface area contributed by atoms with E-state index >= 15 is 0 Å². The van der Waals surface area contributed by atoms with Gasteiger partial charge in [0.15, 0.2) is 5.82 Å². The molecule has 0 saturated carbocycles. The Morgan fingerprint density at radius 1 is 0.246 bits per heavy atom. The van der Waals surface area contributed by atoms with Crippen LogP contribution in [-0.4, -0.2) is 14.4 Å². The van der Waals surface area contributed by atoms with Gasteiger partial charge in [0.05, 0.1) is 27.9 Å². The summed E-state index contributed by atoms with van der Waals surface area (Å²) < 4.78 is 2.45. The molecule has 3 aromatic heterocycles. The molecule has 0 aliphatic carbocycles. The number of fused-ring (bicyclic) bond motifs is 6. The Balaban J connectivity index is 0.878. The number of rotatable bonds is 7. The van der Waals surface area contributed by atoms with Gasteiger partial charge in [0.1, 0.15) is 0 Å². The third kappa shape index (κ3) is 6.06. The number of para-hydroxylation sites is 2. The van der Waals surface area contributed by atoms with Gasteiger partial charge < -0.3 is 4.40 Å². The van der Waals surface area contributed by atoms with Gasteiger partial charge in [-0.3, -0.25) is 0 Å². The minimum absolute atomic E-state index is 0.712. The van der Waals surface area contributed by atoms with E-state index in [1.54, 1.807) is 0 Å². The van der Waals surface area contributed by atoms with Crippen molar-refractivity contribution in [3.63, 3.8) is 0 Å². The fourth-order valence-corrected chi connectivity index (χ4v) is 9.17. The SMILES string of the molecule is c1ccc(-c2cc(-c3cccc(-c4cccc(-c5cccc(-c6cccc(-c7ccc8c9cccc%10c%11ccccc%11n(c8c7)c%109)c6)c5)c4)c3)nc(-c3ccccc3)n2)cc1. The third-order valence-corrected chi connectivity index (χ3v) is 12.1. The van der Waals surface area contributed by atoms with Crippen LogP contribution in [0.3, 0.4) is 0 Å². The maximum absolute atomic E-state index is 5.09. The lowest BCUT2D eigenvalue weighted by Gasteiger charge is -2.12. The summed E-state index contributed by atoms with van der Waals surface area (Å²) in [6.45, 7) is 0. The summed E-state index contributed by atoms with van der Waals surface area (Å²) in [5.41, 5.74) is 18.1. The predicted octanol–water partition coefficient (Wildman–Crippen LogP) is 15.3. The van der Waals surface area contributed by atoms with E-state index in [2.05, 4.69) is 205 Å². The highest BCUT2D eigenvalue weighted by atomic mass is 14.9. The number of benzene rings is 9. The average Bonchev–Trinajstić information content (AvgIpc) is 3.87. The zero-order chi connectivity index (χ0) is 40.3. The van der Waals surface area contributed by atoms with Gasteiger partial charge in [-0.25, -0.2) is 9.97 Å². The largest absolute Gasteiger partial charge is 0.308 e. The van der Waals surface area contributed by atoms with Crippen LogP contribution in [0.25, 0.3) is 117 Å². The van der Waals surface area contributed by atoms with E-state index in [1.165, 1.54) is 71.5 Å². The van der Waals surface area contributed by atoms with E-state index in [1.807, 2.05) is 24.3 Å². The molecule has 3 heterocycles. The Labute approximate surface area is 353 Å². The zero-order valence-corrected chi connectivity index (χ0v) is 33.2. The lowest BCUT2D eigenvalue weighted by atomic mass is 9.94. The number of aromatic nitrogens is 3. The molecule has 0 N–H and O–H groups in total. The summed E-state index contributed by atoms with van der Waals surface area (Å²) in [6, 6.07) is 80.4. The molecule has 3 nitrogen and oxygen atoms in total. The fraction of sp³-hybridized carbons (Fsp3) is 0. The Bertz CT molecular complexity index is 3530. The van der Waals surface area contributed by atoms with Gasteiger partial charge in [-0.15, -0.1) is 0 Å². The van der Waals surface area contributed by atoms with Gasteiger partial charge in [-0.2, -0.15) is 0 Å². The molecule has 9 aromatic carbocycles. The van der Waals surface area contributed by atoms with E-state index in [4.69, 9.17) is 9.97 Å². The van der Waals surface area contributed by atoms with Crippen LogP contribution in [0.15, 0.2) is 224 Å². The van der Waals surface area contributed by atoms with Crippen LogP contribution in [0.5, 0.6) is 0 Å². The molecule has 0 unspecified atom stereocenters. The normalized spacial score (nSPS) is 11.6. The highest BCUT2D eigenvalue weighted by Gasteiger charge is 2.18. The summed E-state index contributed by atoms with van der Waals surface area (Å²) in [6.07, 6.45) is 0. The molecule has 0 spiro atoms. The van der Waals surface area contributed by atoms with E-state index < -0.39 is 0 Å². The second kappa shape index (κ2) is 14.3. The minimum Gasteiger partial charge on any atom is -0.308 e. The van der Waals surface area contributed by atoms with Crippen molar-refractivity contribution in [2.75, 3.05) is 0 Å². The number of hydrogen-bond donors (Lipinski definition) is 0. The van der Waals surface area contributed by atoms with Crippen LogP contribution in [0.1, 0.15) is 0 Å². The first-order valence-electron chi connectivity index (χ1n) is 20.8. The summed E-state index contributed by atoms with van der Waals surface area (Å²) in [5.74, 6) is 0.712. The molecule has 284 valence electrons. The highest BCUT2D eigenvalue weighted by molar-refractivity contribution is 6.23. The van der Waals surface area contributed by atoms with Gasteiger partial charge in [-0.1, -0.05) is 182 Å². The number of hydrogen-bond acceptors (Lipinski definition) is 2. The van der Waals surface area contributed by atoms with Crippen molar-refractivity contribution in [1.82, 2.24) is 14.4 Å². The summed E-state index contributed by atoms with van der Waals surface area (Å²) in [7, 11) is 0. The zero-order valence-electron chi connectivity index (χ0n) is 33.2. The highest BCUT2D eigenvalue weighted by Crippen LogP contribution is 2.41. The van der Waals surface area contributed by atoms with Gasteiger partial charge in [0.2, 0.25) is 0 Å². The Kier molecular flexibility index (Phi) is 8.17. The molecule has 3 heteroatoms. The molecule has 0 bridgehead atoms. The first kappa shape index (κ1) is 34.9. The van der Waals surface area contributed by atoms with Crippen molar-refractivity contribution in [2.24, 2.45) is 0 Å². The maximum atomic E-state index is 5.09. The second-order valence-electron chi connectivity index (χ2n) is 15.8. The van der Waals surface area contributed by atoms with Crippen LogP contribution < -0.4 is 0 Å². The van der Waals surface area contributed by atoms with E-state index in [9.17, 15) is 0 Å². The maximum Gasteiger partial charge on any atom is 0.160 e. The van der Waals surface area contributed by atoms with Crippen LogP contribution in [0, 0.1) is 0 Å². The predicted molar refractivity (Wildman–Crippen MR) is 255 cm³/mol. The molecular formula is C58H37N3. The number of nitrogens with zero attached hydrogens (tertiary/aromatic N) is 3. The second-order valence-corrected chi connectivity index (χ2v) is 15.8. The molecule has 0 fully saturated rings. The molecule has 0 atom stereocenters. The van der Waals surface area contributed by atoms with Crippen molar-refractivity contribution < 1.29 is 0 Å². The van der Waals surface area contributed by atoms with Crippen LogP contribution in [0.2, 0.25) is 0 Å². The fourth-order valence-electron chi connectivity index (χ4n) is 9.17. The molecule has 0 aliphatic heterocycles. The Hall–Kier alpha value is -8.14. The van der Waals surface area contributed by atoms with Crippen molar-refractivity contribution in [2.45, 2.75) is 0 Å². The first-order chi connectivity index (χ1) is 30.2. The molecule has 12 aromatic rings. The quantitative estimate of drug-likeness (QED) is 0.161. The summed E-state index contributed by atoms with van der Waals surface area (Å²) in [5, 5.41) is 5.20. The van der Waals surface area contributed by atoms with Crippen molar-refractivity contribution in [3.05, 3.63) is 224 Å². The summed E-state index contributed by atoms with van der Waals surface area (Å²) >= 11 is 0. The van der Waals surface area contributed by atoms with Crippen molar-refractivity contribution >= 4 is 38.1 Å². The standard InChI is InChI=1S/C58H37N3/c1-3-14-38(15-4-1)53-37-54(60-58(59-53)39-16-5-2-6-17-39)48-25-12-24-46(35-48)44-22-10-20-42(33-44)40-18-9-19-41(32-40)43-21-11-23-45(34-43)47-30-31-50-52-28-13-27-51-49-26-7-8-29-55(49)61(57(51)52)56(50)36-47/h1-37H. The van der Waals surface area contributed by atoms with Gasteiger partial charge in [-0.05, 0) is 87.0 Å². The molecule has 0 amide bonds. The molecule has 0 saturated heterocycles. The topological polar surface area (TPSA) is 30.2 Å². The van der Waals surface area contributed by atoms with Gasteiger partial charge >= 0.3 is 0 Å². The Morgan fingerprint density at radius 3 is 1.21 bits per heavy atom. The summed E-state index contributed by atoms with van der Waals surface area (Å²) in [4.78, 5) is 10.1. The van der Waals surface area contributed by atoms with Crippen molar-refractivity contribution in [3.8, 4) is 78.4 Å². The van der Waals surface area contributed by atoms with Gasteiger partial charge in [0.25, 0.3) is 0 Å². The smallest absolute Gasteiger partial charge is 0.160 e. The van der Waals surface area contributed by atoms with Gasteiger partial charge in [0, 0.05) is 38.2 Å². The Morgan fingerprint density at radius 2 is 0.639 bits per heavy atom. The van der Waals surface area contributed by atoms with E-state index in [0.29, 0.717) is 5.82 Å². The molecular weight excluding hydrogens is 739 g/mol. The van der Waals surface area contributed by atoms with E-state index in [-0.39, 0.29) is 0 Å². The monoisotopic (exact) mass is 775 g/mol. The minimum atomic E-state index is 0.712. The van der Waals surface area contributed by atoms with E-state index in [0.717, 1.165) is 39.2 Å². The molecule has 61 heavy (non-hydrogen) atoms. The van der Waals surface area contributed by atoms with Crippen molar-refractivity contribution in [1.29, 1.82) is 0 Å². The molecule has 12 rings (SSSR count). The van der Waals surface area contributed by atoms with Crippen LogP contribution in [-0.2, 0) is 0 Å². The third-order valence-electron chi connectivity index (χ3n) is 12.1. The molecule has 0 radical (unpaired) electrons. The van der Waals surface area contributed by atoms with Crippen LogP contribution in [0.4, 0.5) is 0 Å². The van der Waals surface area contributed by atoms with Crippen LogP contribution >= 0.6 is 0 Å². The lowest BCUT2D eigenvalue weighted by Crippen LogP contribution is -1.96. The first-order valence-corrected chi connectivity index (χ1v) is 20.8. The molecule has 0 aliphatic rings. The average molecular weight is 776 g/mol.